The number of thiophene rings is 1. The lowest BCUT2D eigenvalue weighted by Crippen LogP contribution is -2.22. The summed E-state index contributed by atoms with van der Waals surface area (Å²) in [6.45, 7) is 1.86. The average molecular weight is 440 g/mol. The molecule has 8 heteroatoms. The van der Waals surface area contributed by atoms with Gasteiger partial charge in [-0.3, -0.25) is 9.59 Å². The molecule has 0 saturated carbocycles. The Morgan fingerprint density at radius 3 is 2.52 bits per heavy atom. The highest BCUT2D eigenvalue weighted by Gasteiger charge is 2.16. The molecule has 0 radical (unpaired) electrons. The van der Waals surface area contributed by atoms with E-state index in [0.29, 0.717) is 10.0 Å². The maximum absolute atomic E-state index is 12.5. The minimum Gasteiger partial charge on any atom is -0.321 e. The summed E-state index contributed by atoms with van der Waals surface area (Å²) in [5.41, 5.74) is 1.60. The smallest absolute Gasteiger partial charge is 0.265 e. The number of hydrogen-bond donors (Lipinski definition) is 2. The third kappa shape index (κ3) is 4.84. The lowest BCUT2D eigenvalue weighted by atomic mass is 10.3. The van der Waals surface area contributed by atoms with E-state index in [9.17, 15) is 9.59 Å². The quantitative estimate of drug-likeness (QED) is 0.376. The van der Waals surface area contributed by atoms with Gasteiger partial charge in [0.15, 0.2) is 5.13 Å². The Balaban J connectivity index is 1.34. The summed E-state index contributed by atoms with van der Waals surface area (Å²) in [5, 5.41) is 7.96. The Labute approximate surface area is 180 Å². The van der Waals surface area contributed by atoms with Gasteiger partial charge in [-0.15, -0.1) is 23.1 Å². The number of aromatic nitrogens is 1. The molecular weight excluding hydrogens is 422 g/mol. The molecule has 2 N–H and O–H groups in total. The summed E-state index contributed by atoms with van der Waals surface area (Å²) in [4.78, 5) is 30.7. The first-order valence-electron chi connectivity index (χ1n) is 8.86. The van der Waals surface area contributed by atoms with Crippen molar-refractivity contribution in [3.05, 3.63) is 70.9 Å². The minimum atomic E-state index is -0.284. The Hall–Kier alpha value is -2.68. The topological polar surface area (TPSA) is 71.1 Å². The first-order valence-corrected chi connectivity index (χ1v) is 11.4. The Morgan fingerprint density at radius 2 is 1.79 bits per heavy atom. The van der Waals surface area contributed by atoms with Crippen molar-refractivity contribution in [2.24, 2.45) is 0 Å². The van der Waals surface area contributed by atoms with Crippen LogP contribution in [0.3, 0.4) is 0 Å². The first kappa shape index (κ1) is 19.6. The van der Waals surface area contributed by atoms with Crippen LogP contribution in [-0.2, 0) is 4.79 Å². The lowest BCUT2D eigenvalue weighted by molar-refractivity contribution is -0.115. The van der Waals surface area contributed by atoms with Crippen LogP contribution in [0.15, 0.2) is 70.9 Å². The van der Waals surface area contributed by atoms with Gasteiger partial charge in [-0.25, -0.2) is 4.98 Å². The molecule has 1 unspecified atom stereocenters. The SMILES string of the molecule is CC(Sc1ccc(NC(=O)c2cccs2)cc1)C(=O)Nc1nc2ccccc2s1. The molecule has 0 aliphatic rings. The molecule has 0 bridgehead atoms. The molecule has 4 aromatic rings. The third-order valence-electron chi connectivity index (χ3n) is 4.06. The summed E-state index contributed by atoms with van der Waals surface area (Å²) in [6, 6.07) is 18.9. The van der Waals surface area contributed by atoms with Crippen molar-refractivity contribution in [3.63, 3.8) is 0 Å². The molecule has 4 rings (SSSR count). The number of benzene rings is 2. The van der Waals surface area contributed by atoms with Crippen LogP contribution < -0.4 is 10.6 Å². The Kier molecular flexibility index (Phi) is 5.94. The van der Waals surface area contributed by atoms with Gasteiger partial charge >= 0.3 is 0 Å². The predicted octanol–water partition coefficient (Wildman–Crippen LogP) is 5.73. The van der Waals surface area contributed by atoms with Crippen LogP contribution in [-0.4, -0.2) is 22.0 Å². The number of thiazole rings is 1. The molecule has 2 aromatic carbocycles. The van der Waals surface area contributed by atoms with Gasteiger partial charge in [0.05, 0.1) is 20.3 Å². The first-order chi connectivity index (χ1) is 14.1. The van der Waals surface area contributed by atoms with Gasteiger partial charge in [-0.2, -0.15) is 0 Å². The normalized spacial score (nSPS) is 11.9. The highest BCUT2D eigenvalue weighted by molar-refractivity contribution is 8.00. The molecular formula is C21H17N3O2S3. The number of para-hydroxylation sites is 1. The van der Waals surface area contributed by atoms with E-state index in [2.05, 4.69) is 15.6 Å². The molecule has 0 aliphatic heterocycles. The molecule has 146 valence electrons. The van der Waals surface area contributed by atoms with Crippen LogP contribution in [0.1, 0.15) is 16.6 Å². The minimum absolute atomic E-state index is 0.0934. The van der Waals surface area contributed by atoms with Gasteiger partial charge in [0, 0.05) is 10.6 Å². The van der Waals surface area contributed by atoms with Crippen molar-refractivity contribution < 1.29 is 9.59 Å². The van der Waals surface area contributed by atoms with Gasteiger partial charge in [-0.1, -0.05) is 29.5 Å². The second-order valence-electron chi connectivity index (χ2n) is 6.19. The summed E-state index contributed by atoms with van der Waals surface area (Å²) >= 11 is 4.32. The second-order valence-corrected chi connectivity index (χ2v) is 9.58. The number of fused-ring (bicyclic) bond motifs is 1. The fraction of sp³-hybridized carbons (Fsp3) is 0.0952. The molecule has 0 saturated heterocycles. The van der Waals surface area contributed by atoms with Crippen molar-refractivity contribution in [1.82, 2.24) is 4.98 Å². The molecule has 2 heterocycles. The second kappa shape index (κ2) is 8.77. The average Bonchev–Trinajstić information content (AvgIpc) is 3.38. The number of rotatable bonds is 6. The van der Waals surface area contributed by atoms with Crippen LogP contribution >= 0.6 is 34.4 Å². The highest BCUT2D eigenvalue weighted by atomic mass is 32.2. The molecule has 29 heavy (non-hydrogen) atoms. The molecule has 0 aliphatic carbocycles. The van der Waals surface area contributed by atoms with Gasteiger partial charge in [0.2, 0.25) is 5.91 Å². The van der Waals surface area contributed by atoms with Crippen molar-refractivity contribution >= 4 is 67.3 Å². The molecule has 5 nitrogen and oxygen atoms in total. The fourth-order valence-electron chi connectivity index (χ4n) is 2.61. The number of nitrogens with one attached hydrogen (secondary N) is 2. The van der Waals surface area contributed by atoms with Gasteiger partial charge in [0.25, 0.3) is 5.91 Å². The van der Waals surface area contributed by atoms with Crippen LogP contribution in [0.2, 0.25) is 0 Å². The van der Waals surface area contributed by atoms with Gasteiger partial charge < -0.3 is 10.6 Å². The molecule has 2 amide bonds. The van der Waals surface area contributed by atoms with Gasteiger partial charge in [0.1, 0.15) is 0 Å². The summed E-state index contributed by atoms with van der Waals surface area (Å²) < 4.78 is 1.04. The number of amides is 2. The lowest BCUT2D eigenvalue weighted by Gasteiger charge is -2.11. The zero-order valence-electron chi connectivity index (χ0n) is 15.4. The number of thioether (sulfide) groups is 1. The van der Waals surface area contributed by atoms with Crippen LogP contribution in [0, 0.1) is 0 Å². The van der Waals surface area contributed by atoms with Crippen LogP contribution in [0.5, 0.6) is 0 Å². The zero-order chi connectivity index (χ0) is 20.2. The molecule has 0 fully saturated rings. The van der Waals surface area contributed by atoms with Crippen molar-refractivity contribution in [3.8, 4) is 0 Å². The van der Waals surface area contributed by atoms with E-state index in [0.717, 1.165) is 20.8 Å². The highest BCUT2D eigenvalue weighted by Crippen LogP contribution is 2.28. The number of carbonyl (C=O) groups is 2. The largest absolute Gasteiger partial charge is 0.321 e. The number of carbonyl (C=O) groups excluding carboxylic acids is 2. The van der Waals surface area contributed by atoms with Crippen molar-refractivity contribution in [1.29, 1.82) is 0 Å². The maximum atomic E-state index is 12.5. The third-order valence-corrected chi connectivity index (χ3v) is 7.00. The van der Waals surface area contributed by atoms with Crippen molar-refractivity contribution in [2.45, 2.75) is 17.1 Å². The van der Waals surface area contributed by atoms with E-state index in [-0.39, 0.29) is 17.1 Å². The van der Waals surface area contributed by atoms with E-state index in [4.69, 9.17) is 0 Å². The van der Waals surface area contributed by atoms with E-state index >= 15 is 0 Å². The van der Waals surface area contributed by atoms with E-state index in [1.165, 1.54) is 34.4 Å². The summed E-state index contributed by atoms with van der Waals surface area (Å²) in [6.07, 6.45) is 0. The van der Waals surface area contributed by atoms with Crippen LogP contribution in [0.25, 0.3) is 10.2 Å². The molecule has 0 spiro atoms. The van der Waals surface area contributed by atoms with Crippen LogP contribution in [0.4, 0.5) is 10.8 Å². The monoisotopic (exact) mass is 439 g/mol. The predicted molar refractivity (Wildman–Crippen MR) is 122 cm³/mol. The maximum Gasteiger partial charge on any atom is 0.265 e. The fourth-order valence-corrected chi connectivity index (χ4v) is 4.96. The standard InChI is InChI=1S/C21H17N3O2S3/c1-13(19(25)24-21-23-16-5-2-3-6-17(16)29-21)28-15-10-8-14(9-11-15)22-20(26)18-7-4-12-27-18/h2-13H,1H3,(H,22,26)(H,23,24,25). The Bertz CT molecular complexity index is 1100. The molecule has 1 atom stereocenters. The Morgan fingerprint density at radius 1 is 1.00 bits per heavy atom. The van der Waals surface area contributed by atoms with E-state index in [1.807, 2.05) is 66.9 Å². The van der Waals surface area contributed by atoms with Gasteiger partial charge in [-0.05, 0) is 54.8 Å². The van der Waals surface area contributed by atoms with E-state index < -0.39 is 0 Å². The molecule has 2 aromatic heterocycles. The summed E-state index contributed by atoms with van der Waals surface area (Å²) in [7, 11) is 0. The number of anilines is 2. The van der Waals surface area contributed by atoms with Crippen molar-refractivity contribution in [2.75, 3.05) is 10.6 Å². The zero-order valence-corrected chi connectivity index (χ0v) is 17.9. The number of hydrogen-bond acceptors (Lipinski definition) is 6. The summed E-state index contributed by atoms with van der Waals surface area (Å²) in [5.74, 6) is -0.215. The van der Waals surface area contributed by atoms with E-state index in [1.54, 1.807) is 6.07 Å². The number of nitrogens with zero attached hydrogens (tertiary/aromatic N) is 1.